The summed E-state index contributed by atoms with van der Waals surface area (Å²) in [7, 11) is -3.59. The Bertz CT molecular complexity index is 1370. The van der Waals surface area contributed by atoms with Gasteiger partial charge in [0.15, 0.2) is 12.4 Å². The number of aromatic nitrogens is 2. The van der Waals surface area contributed by atoms with E-state index in [1.165, 1.54) is 28.6 Å². The fourth-order valence-corrected chi connectivity index (χ4v) is 5.58. The molecular weight excluding hydrogens is 470 g/mol. The Morgan fingerprint density at radius 2 is 1.57 bits per heavy atom. The molecule has 182 valence electrons. The Labute approximate surface area is 203 Å². The zero-order valence-corrected chi connectivity index (χ0v) is 20.2. The number of hydrogen-bond acceptors (Lipinski definition) is 7. The van der Waals surface area contributed by atoms with Gasteiger partial charge in [0.1, 0.15) is 0 Å². The van der Waals surface area contributed by atoms with Crippen molar-refractivity contribution in [3.8, 4) is 5.69 Å². The van der Waals surface area contributed by atoms with E-state index in [2.05, 4.69) is 5.10 Å². The number of benzene rings is 2. The minimum absolute atomic E-state index is 0.101. The highest BCUT2D eigenvalue weighted by atomic mass is 32.2. The number of aryl methyl sites for hydroxylation is 1. The van der Waals surface area contributed by atoms with Crippen molar-refractivity contribution in [3.63, 3.8) is 0 Å². The maximum Gasteiger partial charge on any atom is 0.380 e. The number of rotatable bonds is 8. The van der Waals surface area contributed by atoms with E-state index in [9.17, 15) is 22.8 Å². The third-order valence-corrected chi connectivity index (χ3v) is 7.83. The molecule has 1 fully saturated rings. The topological polar surface area (TPSA) is 116 Å². The molecule has 2 aromatic carbocycles. The third kappa shape index (κ3) is 4.94. The van der Waals surface area contributed by atoms with Crippen LogP contribution < -0.4 is 0 Å². The van der Waals surface area contributed by atoms with Crippen LogP contribution in [0.3, 0.4) is 0 Å². The highest BCUT2D eigenvalue weighted by molar-refractivity contribution is 7.89. The first kappa shape index (κ1) is 24.5. The van der Waals surface area contributed by atoms with Crippen LogP contribution >= 0.6 is 0 Å². The van der Waals surface area contributed by atoms with Crippen LogP contribution in [0.4, 0.5) is 0 Å². The number of carbonyl (C=O) groups excluding carboxylic acids is 3. The molecule has 1 saturated heterocycles. The molecule has 3 aromatic rings. The van der Waals surface area contributed by atoms with Gasteiger partial charge in [-0.2, -0.15) is 9.40 Å². The van der Waals surface area contributed by atoms with Crippen molar-refractivity contribution >= 4 is 27.6 Å². The van der Waals surface area contributed by atoms with E-state index < -0.39 is 34.2 Å². The number of nitrogens with zero attached hydrogens (tertiary/aromatic N) is 3. The number of carbonyl (C=O) groups is 3. The van der Waals surface area contributed by atoms with Crippen LogP contribution in [0, 0.1) is 13.8 Å². The maximum absolute atomic E-state index is 12.8. The molecule has 0 bridgehead atoms. The average molecular weight is 496 g/mol. The lowest BCUT2D eigenvalue weighted by molar-refractivity contribution is -0.137. The van der Waals surface area contributed by atoms with Gasteiger partial charge in [0.25, 0.3) is 5.78 Å². The Kier molecular flexibility index (Phi) is 6.95. The van der Waals surface area contributed by atoms with E-state index in [0.717, 1.165) is 18.5 Å². The largest absolute Gasteiger partial charge is 0.451 e. The summed E-state index contributed by atoms with van der Waals surface area (Å²) in [4.78, 5) is 37.8. The van der Waals surface area contributed by atoms with Gasteiger partial charge in [0.05, 0.1) is 27.5 Å². The molecule has 0 unspecified atom stereocenters. The molecule has 35 heavy (non-hydrogen) atoms. The molecule has 0 radical (unpaired) electrons. The lowest BCUT2D eigenvalue weighted by atomic mass is 10.1. The minimum Gasteiger partial charge on any atom is -0.451 e. The van der Waals surface area contributed by atoms with Gasteiger partial charge >= 0.3 is 5.97 Å². The summed E-state index contributed by atoms with van der Waals surface area (Å²) in [6.45, 7) is 3.62. The molecule has 0 atom stereocenters. The summed E-state index contributed by atoms with van der Waals surface area (Å²) in [5.41, 5.74) is 1.90. The third-order valence-electron chi connectivity index (χ3n) is 5.92. The van der Waals surface area contributed by atoms with Crippen molar-refractivity contribution in [1.82, 2.24) is 14.1 Å². The van der Waals surface area contributed by atoms with Gasteiger partial charge in [-0.3, -0.25) is 9.59 Å². The van der Waals surface area contributed by atoms with Crippen molar-refractivity contribution < 1.29 is 27.5 Å². The second-order valence-corrected chi connectivity index (χ2v) is 10.2. The fourth-order valence-electron chi connectivity index (χ4n) is 4.06. The summed E-state index contributed by atoms with van der Waals surface area (Å²) >= 11 is 0. The summed E-state index contributed by atoms with van der Waals surface area (Å²) in [6.07, 6.45) is 1.65. The first-order chi connectivity index (χ1) is 16.7. The molecule has 10 heteroatoms. The van der Waals surface area contributed by atoms with E-state index in [1.54, 1.807) is 18.5 Å². The summed E-state index contributed by atoms with van der Waals surface area (Å²) in [6, 6.07) is 14.6. The number of sulfonamides is 1. The Morgan fingerprint density at radius 1 is 0.943 bits per heavy atom. The molecule has 4 rings (SSSR count). The zero-order valence-electron chi connectivity index (χ0n) is 19.4. The lowest BCUT2D eigenvalue weighted by Crippen LogP contribution is -2.27. The van der Waals surface area contributed by atoms with E-state index in [1.807, 2.05) is 30.3 Å². The first-order valence-corrected chi connectivity index (χ1v) is 12.6. The zero-order chi connectivity index (χ0) is 25.2. The molecular formula is C25H25N3O6S. The summed E-state index contributed by atoms with van der Waals surface area (Å²) < 4.78 is 33.2. The quantitative estimate of drug-likeness (QED) is 0.268. The number of Topliss-reactive ketones (excluding diaryl/α,β-unsaturated/α-hetero) is 2. The van der Waals surface area contributed by atoms with Gasteiger partial charge in [-0.25, -0.2) is 17.9 Å². The smallest absolute Gasteiger partial charge is 0.380 e. The Hall–Kier alpha value is -3.63. The van der Waals surface area contributed by atoms with Gasteiger partial charge in [0, 0.05) is 18.7 Å². The number of hydrogen-bond donors (Lipinski definition) is 0. The van der Waals surface area contributed by atoms with E-state index >= 15 is 0 Å². The van der Waals surface area contributed by atoms with E-state index in [-0.39, 0.29) is 16.0 Å². The van der Waals surface area contributed by atoms with Crippen LogP contribution in [-0.4, -0.2) is 59.7 Å². The van der Waals surface area contributed by atoms with Crippen LogP contribution in [0.15, 0.2) is 59.5 Å². The van der Waals surface area contributed by atoms with Crippen LogP contribution in [-0.2, 0) is 19.6 Å². The molecule has 0 spiro atoms. The van der Waals surface area contributed by atoms with Crippen molar-refractivity contribution in [3.05, 3.63) is 77.1 Å². The minimum atomic E-state index is -3.59. The van der Waals surface area contributed by atoms with E-state index in [4.69, 9.17) is 4.74 Å². The lowest BCUT2D eigenvalue weighted by Gasteiger charge is -2.15. The van der Waals surface area contributed by atoms with Crippen molar-refractivity contribution in [2.75, 3.05) is 19.7 Å². The van der Waals surface area contributed by atoms with E-state index in [0.29, 0.717) is 24.5 Å². The monoisotopic (exact) mass is 495 g/mol. The number of para-hydroxylation sites is 1. The molecule has 0 amide bonds. The van der Waals surface area contributed by atoms with Crippen molar-refractivity contribution in [1.29, 1.82) is 0 Å². The van der Waals surface area contributed by atoms with Crippen LogP contribution in [0.25, 0.3) is 5.69 Å². The Morgan fingerprint density at radius 3 is 2.20 bits per heavy atom. The summed E-state index contributed by atoms with van der Waals surface area (Å²) in [5.74, 6) is -2.60. The molecule has 2 heterocycles. The SMILES string of the molecule is Cc1nn(-c2ccccc2)c(C)c1C(=O)C(=O)OCC(=O)c1ccc(S(=O)(=O)N2CCCC2)cc1. The van der Waals surface area contributed by atoms with Crippen molar-refractivity contribution in [2.45, 2.75) is 31.6 Å². The normalized spacial score (nSPS) is 14.1. The van der Waals surface area contributed by atoms with Crippen LogP contribution in [0.1, 0.15) is 44.9 Å². The summed E-state index contributed by atoms with van der Waals surface area (Å²) in [5, 5.41) is 4.35. The van der Waals surface area contributed by atoms with Crippen molar-refractivity contribution in [2.24, 2.45) is 0 Å². The van der Waals surface area contributed by atoms with Crippen LogP contribution in [0.2, 0.25) is 0 Å². The molecule has 1 aliphatic heterocycles. The molecule has 0 aliphatic carbocycles. The van der Waals surface area contributed by atoms with Gasteiger partial charge in [-0.1, -0.05) is 18.2 Å². The van der Waals surface area contributed by atoms with Gasteiger partial charge in [-0.05, 0) is 63.1 Å². The average Bonchev–Trinajstić information content (AvgIpc) is 3.51. The predicted molar refractivity (Wildman–Crippen MR) is 127 cm³/mol. The Balaban J connectivity index is 1.41. The second-order valence-electron chi connectivity index (χ2n) is 8.26. The van der Waals surface area contributed by atoms with Gasteiger partial charge < -0.3 is 4.74 Å². The van der Waals surface area contributed by atoms with Crippen LogP contribution in [0.5, 0.6) is 0 Å². The van der Waals surface area contributed by atoms with Gasteiger partial charge in [0.2, 0.25) is 10.0 Å². The number of esters is 1. The fraction of sp³-hybridized carbons (Fsp3) is 0.280. The molecule has 0 N–H and O–H groups in total. The highest BCUT2D eigenvalue weighted by Crippen LogP contribution is 2.22. The molecule has 1 aliphatic rings. The standard InChI is InChI=1S/C25H25N3O6S/c1-17-23(18(2)28(26-17)20-8-4-3-5-9-20)24(30)25(31)34-16-22(29)19-10-12-21(13-11-19)35(32,33)27-14-6-7-15-27/h3-5,8-13H,6-7,14-16H2,1-2H3. The molecule has 1 aromatic heterocycles. The van der Waals surface area contributed by atoms with Gasteiger partial charge in [-0.15, -0.1) is 0 Å². The maximum atomic E-state index is 12.8. The predicted octanol–water partition coefficient (Wildman–Crippen LogP) is 2.88. The first-order valence-electron chi connectivity index (χ1n) is 11.2. The second kappa shape index (κ2) is 9.93. The number of ether oxygens (including phenoxy) is 1. The molecule has 0 saturated carbocycles. The number of ketones is 2. The highest BCUT2D eigenvalue weighted by Gasteiger charge is 2.28. The molecule has 9 nitrogen and oxygen atoms in total.